The van der Waals surface area contributed by atoms with Crippen LogP contribution < -0.4 is 5.32 Å². The van der Waals surface area contributed by atoms with Crippen LogP contribution in [0.1, 0.15) is 17.3 Å². The molecule has 6 nitrogen and oxygen atoms in total. The van der Waals surface area contributed by atoms with Crippen LogP contribution in [0, 0.1) is 19.1 Å². The monoisotopic (exact) mass is 376 g/mol. The molecule has 0 spiro atoms. The Morgan fingerprint density at radius 1 is 1.58 bits per heavy atom. The lowest BCUT2D eigenvalue weighted by atomic mass is 9.88. The number of halogens is 1. The quantitative estimate of drug-likeness (QED) is 0.495. The molecule has 0 atom stereocenters. The molecular weight excluding hydrogens is 363 g/mol. The Hall–Kier alpha value is -1.22. The van der Waals surface area contributed by atoms with Crippen LogP contribution >= 0.6 is 22.6 Å². The van der Waals surface area contributed by atoms with Crippen LogP contribution in [0.15, 0.2) is 18.2 Å². The van der Waals surface area contributed by atoms with Gasteiger partial charge in [-0.2, -0.15) is 0 Å². The van der Waals surface area contributed by atoms with Crippen molar-refractivity contribution in [3.8, 4) is 0 Å². The van der Waals surface area contributed by atoms with Crippen molar-refractivity contribution in [2.45, 2.75) is 6.92 Å². The number of amides is 1. The van der Waals surface area contributed by atoms with Crippen LogP contribution in [0.4, 0.5) is 5.69 Å². The second-order valence-corrected chi connectivity index (χ2v) is 6.15. The Bertz CT molecular complexity index is 528. The lowest BCUT2D eigenvalue weighted by Gasteiger charge is -2.37. The summed E-state index contributed by atoms with van der Waals surface area (Å²) in [6.07, 6.45) is 0. The van der Waals surface area contributed by atoms with Gasteiger partial charge in [-0.1, -0.05) is 6.92 Å². The van der Waals surface area contributed by atoms with Crippen molar-refractivity contribution >= 4 is 34.2 Å². The molecule has 1 heterocycles. The van der Waals surface area contributed by atoms with Crippen LogP contribution in [0.2, 0.25) is 0 Å². The second-order valence-electron chi connectivity index (χ2n) is 4.90. The highest BCUT2D eigenvalue weighted by Crippen LogP contribution is 2.26. The summed E-state index contributed by atoms with van der Waals surface area (Å²) in [6.45, 7) is 3.65. The molecule has 2 rings (SSSR count). The average molecular weight is 376 g/mol. The fraction of sp³-hybridized carbons (Fsp3) is 0.417. The van der Waals surface area contributed by atoms with Crippen molar-refractivity contribution in [3.63, 3.8) is 0 Å². The third kappa shape index (κ3) is 3.21. The summed E-state index contributed by atoms with van der Waals surface area (Å²) >= 11 is 1.98. The molecule has 0 saturated carbocycles. The first kappa shape index (κ1) is 14.2. The van der Waals surface area contributed by atoms with Crippen molar-refractivity contribution in [1.82, 2.24) is 5.32 Å². The van der Waals surface area contributed by atoms with Gasteiger partial charge in [-0.3, -0.25) is 14.9 Å². The van der Waals surface area contributed by atoms with Crippen molar-refractivity contribution < 1.29 is 14.5 Å². The summed E-state index contributed by atoms with van der Waals surface area (Å²) in [6, 6.07) is 4.55. The highest BCUT2D eigenvalue weighted by molar-refractivity contribution is 14.1. The van der Waals surface area contributed by atoms with Gasteiger partial charge in [0.1, 0.15) is 5.56 Å². The summed E-state index contributed by atoms with van der Waals surface area (Å²) in [5.74, 6) is -0.420. The first-order valence-electron chi connectivity index (χ1n) is 5.71. The fourth-order valence-corrected chi connectivity index (χ4v) is 2.26. The molecule has 1 aromatic carbocycles. The smallest absolute Gasteiger partial charge is 0.283 e. The van der Waals surface area contributed by atoms with Crippen molar-refractivity contribution in [1.29, 1.82) is 0 Å². The van der Waals surface area contributed by atoms with Crippen LogP contribution in [0.25, 0.3) is 0 Å². The van der Waals surface area contributed by atoms with Gasteiger partial charge in [-0.25, -0.2) is 0 Å². The minimum absolute atomic E-state index is 0.0619. The van der Waals surface area contributed by atoms with Crippen molar-refractivity contribution in [3.05, 3.63) is 37.4 Å². The number of hydrogen-bond acceptors (Lipinski definition) is 4. The van der Waals surface area contributed by atoms with Crippen LogP contribution in [0.5, 0.6) is 0 Å². The highest BCUT2D eigenvalue weighted by Gasteiger charge is 2.34. The van der Waals surface area contributed by atoms with E-state index in [2.05, 4.69) is 5.32 Å². The normalized spacial score (nSPS) is 16.5. The second kappa shape index (κ2) is 5.41. The van der Waals surface area contributed by atoms with Gasteiger partial charge in [0.25, 0.3) is 11.6 Å². The van der Waals surface area contributed by atoms with E-state index in [4.69, 9.17) is 4.74 Å². The lowest BCUT2D eigenvalue weighted by Crippen LogP contribution is -2.48. The van der Waals surface area contributed by atoms with E-state index in [9.17, 15) is 14.9 Å². The maximum Gasteiger partial charge on any atom is 0.283 e. The molecule has 1 aliphatic rings. The molecule has 1 amide bonds. The van der Waals surface area contributed by atoms with E-state index in [-0.39, 0.29) is 16.7 Å². The molecule has 0 unspecified atom stereocenters. The molecule has 1 aromatic rings. The van der Waals surface area contributed by atoms with Gasteiger partial charge in [-0.05, 0) is 34.7 Å². The van der Waals surface area contributed by atoms with Crippen molar-refractivity contribution in [2.24, 2.45) is 5.41 Å². The number of hydrogen-bond donors (Lipinski definition) is 1. The predicted octanol–water partition coefficient (Wildman–Crippen LogP) is 1.97. The van der Waals surface area contributed by atoms with Gasteiger partial charge in [0, 0.05) is 21.6 Å². The number of nitrogens with one attached hydrogen (secondary N) is 1. The minimum atomic E-state index is -0.536. The minimum Gasteiger partial charge on any atom is -0.380 e. The Labute approximate surface area is 123 Å². The van der Waals surface area contributed by atoms with Gasteiger partial charge in [0.05, 0.1) is 18.1 Å². The highest BCUT2D eigenvalue weighted by atomic mass is 127. The van der Waals surface area contributed by atoms with E-state index >= 15 is 0 Å². The summed E-state index contributed by atoms with van der Waals surface area (Å²) in [4.78, 5) is 22.4. The van der Waals surface area contributed by atoms with E-state index < -0.39 is 10.8 Å². The van der Waals surface area contributed by atoms with E-state index in [1.54, 1.807) is 6.07 Å². The number of rotatable bonds is 4. The summed E-state index contributed by atoms with van der Waals surface area (Å²) in [7, 11) is 0. The molecular formula is C12H13IN2O4. The van der Waals surface area contributed by atoms with Gasteiger partial charge in [0.2, 0.25) is 0 Å². The number of nitrogens with zero attached hydrogens (tertiary/aromatic N) is 1. The molecule has 1 fully saturated rings. The number of benzene rings is 1. The third-order valence-corrected chi connectivity index (χ3v) is 3.65. The van der Waals surface area contributed by atoms with E-state index in [1.165, 1.54) is 12.1 Å². The van der Waals surface area contributed by atoms with Gasteiger partial charge in [-0.15, -0.1) is 0 Å². The van der Waals surface area contributed by atoms with E-state index in [0.717, 1.165) is 3.57 Å². The molecule has 0 radical (unpaired) electrons. The standard InChI is InChI=1S/C12H13IN2O4/c1-12(6-19-7-12)5-14-11(16)9-3-2-8(13)4-10(9)15(17)18/h2-4H,5-7H2,1H3,(H,14,16). The number of carbonyl (C=O) groups is 1. The molecule has 0 aliphatic carbocycles. The van der Waals surface area contributed by atoms with Gasteiger partial charge >= 0.3 is 0 Å². The molecule has 0 aromatic heterocycles. The molecule has 1 aliphatic heterocycles. The number of nitro benzene ring substituents is 1. The topological polar surface area (TPSA) is 81.5 Å². The predicted molar refractivity (Wildman–Crippen MR) is 77.1 cm³/mol. The zero-order valence-corrected chi connectivity index (χ0v) is 12.5. The third-order valence-electron chi connectivity index (χ3n) is 2.98. The Morgan fingerprint density at radius 2 is 2.26 bits per heavy atom. The number of nitro groups is 1. The van der Waals surface area contributed by atoms with Crippen LogP contribution in [0.3, 0.4) is 0 Å². The molecule has 19 heavy (non-hydrogen) atoms. The first-order valence-corrected chi connectivity index (χ1v) is 6.79. The zero-order valence-electron chi connectivity index (χ0n) is 10.3. The lowest BCUT2D eigenvalue weighted by molar-refractivity contribution is -0.385. The fourth-order valence-electron chi connectivity index (χ4n) is 1.79. The molecule has 7 heteroatoms. The van der Waals surface area contributed by atoms with Crippen molar-refractivity contribution in [2.75, 3.05) is 19.8 Å². The van der Waals surface area contributed by atoms with E-state index in [0.29, 0.717) is 19.8 Å². The van der Waals surface area contributed by atoms with Crippen LogP contribution in [-0.4, -0.2) is 30.6 Å². The first-order chi connectivity index (χ1) is 8.91. The summed E-state index contributed by atoms with van der Waals surface area (Å²) in [5, 5.41) is 13.7. The SMILES string of the molecule is CC1(CNC(=O)c2ccc(I)cc2[N+](=O)[O-])COC1. The Balaban J connectivity index is 2.12. The molecule has 1 saturated heterocycles. The average Bonchev–Trinajstić information content (AvgIpc) is 2.33. The van der Waals surface area contributed by atoms with Crippen LogP contribution in [-0.2, 0) is 4.74 Å². The maximum absolute atomic E-state index is 12.0. The Kier molecular flexibility index (Phi) is 4.04. The Morgan fingerprint density at radius 3 is 2.79 bits per heavy atom. The van der Waals surface area contributed by atoms with Gasteiger partial charge in [0.15, 0.2) is 0 Å². The number of ether oxygens (including phenoxy) is 1. The van der Waals surface area contributed by atoms with Gasteiger partial charge < -0.3 is 10.1 Å². The zero-order chi connectivity index (χ0) is 14.0. The largest absolute Gasteiger partial charge is 0.380 e. The van der Waals surface area contributed by atoms with E-state index in [1.807, 2.05) is 29.5 Å². The maximum atomic E-state index is 12.0. The molecule has 102 valence electrons. The number of carbonyl (C=O) groups excluding carboxylic acids is 1. The summed E-state index contributed by atoms with van der Waals surface area (Å²) < 4.78 is 5.82. The summed E-state index contributed by atoms with van der Waals surface area (Å²) in [5.41, 5.74) is -0.137. The molecule has 1 N–H and O–H groups in total. The molecule has 0 bridgehead atoms.